The fourth-order valence-corrected chi connectivity index (χ4v) is 4.50. The number of pyridine rings is 1. The molecule has 1 saturated heterocycles. The third kappa shape index (κ3) is 2.81. The molecule has 0 N–H and O–H groups in total. The van der Waals surface area contributed by atoms with E-state index in [4.69, 9.17) is 9.47 Å². The van der Waals surface area contributed by atoms with Crippen molar-refractivity contribution < 1.29 is 14.3 Å². The minimum Gasteiger partial charge on any atom is -0.381 e. The quantitative estimate of drug-likeness (QED) is 0.836. The number of hydrogen-bond acceptors (Lipinski definition) is 4. The van der Waals surface area contributed by atoms with Crippen molar-refractivity contribution >= 4 is 5.91 Å². The van der Waals surface area contributed by atoms with E-state index in [-0.39, 0.29) is 34.8 Å². The summed E-state index contributed by atoms with van der Waals surface area (Å²) >= 11 is 0. The van der Waals surface area contributed by atoms with E-state index in [1.165, 1.54) is 0 Å². The molecule has 2 heterocycles. The summed E-state index contributed by atoms with van der Waals surface area (Å²) in [6.45, 7) is 4.32. The maximum atomic E-state index is 13.3. The predicted molar refractivity (Wildman–Crippen MR) is 95.0 cm³/mol. The van der Waals surface area contributed by atoms with E-state index < -0.39 is 0 Å². The van der Waals surface area contributed by atoms with E-state index >= 15 is 0 Å². The molecule has 3 atom stereocenters. The molecule has 1 aromatic rings. The Hall–Kier alpha value is -1.66. The normalized spacial score (nSPS) is 28.9. The van der Waals surface area contributed by atoms with E-state index in [0.29, 0.717) is 6.54 Å². The van der Waals surface area contributed by atoms with Gasteiger partial charge in [-0.25, -0.2) is 0 Å². The number of nitrogens with zero attached hydrogens (tertiary/aromatic N) is 2. The smallest absolute Gasteiger partial charge is 0.263 e. The number of amides is 1. The highest BCUT2D eigenvalue weighted by Crippen LogP contribution is 2.43. The first kappa shape index (κ1) is 18.1. The Balaban J connectivity index is 1.98. The Morgan fingerprint density at radius 1 is 1.28 bits per heavy atom. The second-order valence-corrected chi connectivity index (χ2v) is 7.37. The number of aromatic nitrogens is 1. The molecule has 3 rings (SSSR count). The first-order chi connectivity index (χ1) is 11.8. The molecule has 2 aliphatic rings. The lowest BCUT2D eigenvalue weighted by molar-refractivity contribution is -0.0893. The number of likely N-dealkylation sites (tertiary alicyclic amines) is 1. The van der Waals surface area contributed by atoms with Crippen molar-refractivity contribution in [2.75, 3.05) is 20.8 Å². The van der Waals surface area contributed by atoms with E-state index in [2.05, 4.69) is 0 Å². The average Bonchev–Trinajstić information content (AvgIpc) is 2.98. The van der Waals surface area contributed by atoms with Gasteiger partial charge in [-0.1, -0.05) is 0 Å². The monoisotopic (exact) mass is 348 g/mol. The summed E-state index contributed by atoms with van der Waals surface area (Å²) in [7, 11) is 5.15. The fraction of sp³-hybridized carbons (Fsp3) is 0.684. The number of fused-ring (bicyclic) bond motifs is 1. The molecular weight excluding hydrogens is 320 g/mol. The van der Waals surface area contributed by atoms with Crippen molar-refractivity contribution in [2.45, 2.75) is 57.3 Å². The number of aryl methyl sites for hydroxylation is 2. The Labute approximate surface area is 148 Å². The van der Waals surface area contributed by atoms with Gasteiger partial charge in [0.2, 0.25) is 0 Å². The van der Waals surface area contributed by atoms with E-state index in [1.807, 2.05) is 24.8 Å². The minimum absolute atomic E-state index is 0.0471. The number of ether oxygens (including phenoxy) is 2. The van der Waals surface area contributed by atoms with E-state index in [9.17, 15) is 9.59 Å². The highest BCUT2D eigenvalue weighted by molar-refractivity contribution is 5.95. The zero-order valence-electron chi connectivity index (χ0n) is 15.8. The maximum Gasteiger partial charge on any atom is 0.263 e. The van der Waals surface area contributed by atoms with Gasteiger partial charge in [-0.15, -0.1) is 0 Å². The lowest BCUT2D eigenvalue weighted by atomic mass is 9.79. The molecule has 0 bridgehead atoms. The zero-order chi connectivity index (χ0) is 18.4. The molecule has 138 valence electrons. The molecule has 1 aromatic heterocycles. The molecule has 0 aromatic carbocycles. The number of carbonyl (C=O) groups is 1. The molecule has 0 spiro atoms. The zero-order valence-corrected chi connectivity index (χ0v) is 15.8. The molecule has 25 heavy (non-hydrogen) atoms. The van der Waals surface area contributed by atoms with Crippen molar-refractivity contribution in [2.24, 2.45) is 7.05 Å². The standard InChI is InChI=1S/C19H28N2O4/c1-12-10-13(2)20(3)17(22)16(12)18(23)21-9-8-19(25-5)7-6-14(24-4)11-15(19)21/h10,14-15H,6-9,11H2,1-5H3/t14-,15+,19-/m1/s1. The summed E-state index contributed by atoms with van der Waals surface area (Å²) in [5.41, 5.74) is 1.33. The van der Waals surface area contributed by atoms with Crippen LogP contribution in [0.1, 0.15) is 47.3 Å². The third-order valence-corrected chi connectivity index (χ3v) is 6.22. The molecule has 1 aliphatic carbocycles. The predicted octanol–water partition coefficient (Wildman–Crippen LogP) is 1.80. The lowest BCUT2D eigenvalue weighted by Gasteiger charge is -2.43. The number of rotatable bonds is 3. The molecule has 1 amide bonds. The molecular formula is C19H28N2O4. The van der Waals surface area contributed by atoms with Crippen LogP contribution in [0.4, 0.5) is 0 Å². The van der Waals surface area contributed by atoms with Gasteiger partial charge in [-0.3, -0.25) is 9.59 Å². The van der Waals surface area contributed by atoms with Gasteiger partial charge in [0.05, 0.1) is 17.7 Å². The Morgan fingerprint density at radius 2 is 2.00 bits per heavy atom. The lowest BCUT2D eigenvalue weighted by Crippen LogP contribution is -2.53. The topological polar surface area (TPSA) is 60.8 Å². The molecule has 0 radical (unpaired) electrons. The van der Waals surface area contributed by atoms with Gasteiger partial charge >= 0.3 is 0 Å². The van der Waals surface area contributed by atoms with Crippen LogP contribution in [0, 0.1) is 13.8 Å². The van der Waals surface area contributed by atoms with Crippen LogP contribution < -0.4 is 5.56 Å². The van der Waals surface area contributed by atoms with Crippen LogP contribution in [-0.2, 0) is 16.5 Å². The van der Waals surface area contributed by atoms with Crippen molar-refractivity contribution in [3.63, 3.8) is 0 Å². The number of methoxy groups -OCH3 is 2. The maximum absolute atomic E-state index is 13.3. The summed E-state index contributed by atoms with van der Waals surface area (Å²) in [5.74, 6) is -0.182. The van der Waals surface area contributed by atoms with Gasteiger partial charge in [-0.05, 0) is 51.2 Å². The summed E-state index contributed by atoms with van der Waals surface area (Å²) < 4.78 is 13.0. The molecule has 1 saturated carbocycles. The van der Waals surface area contributed by atoms with Crippen LogP contribution in [-0.4, -0.2) is 53.9 Å². The second kappa shape index (κ2) is 6.57. The first-order valence-electron chi connectivity index (χ1n) is 8.90. The van der Waals surface area contributed by atoms with Gasteiger partial charge < -0.3 is 18.9 Å². The van der Waals surface area contributed by atoms with Crippen molar-refractivity contribution in [1.82, 2.24) is 9.47 Å². The third-order valence-electron chi connectivity index (χ3n) is 6.22. The molecule has 1 aliphatic heterocycles. The van der Waals surface area contributed by atoms with Crippen LogP contribution in [0.25, 0.3) is 0 Å². The van der Waals surface area contributed by atoms with Crippen molar-refractivity contribution in [3.8, 4) is 0 Å². The second-order valence-electron chi connectivity index (χ2n) is 7.37. The van der Waals surface area contributed by atoms with Gasteiger partial charge in [0.1, 0.15) is 5.56 Å². The van der Waals surface area contributed by atoms with E-state index in [1.54, 1.807) is 25.8 Å². The highest BCUT2D eigenvalue weighted by Gasteiger charge is 2.53. The first-order valence-corrected chi connectivity index (χ1v) is 8.90. The average molecular weight is 348 g/mol. The van der Waals surface area contributed by atoms with Gasteiger partial charge in [-0.2, -0.15) is 0 Å². The summed E-state index contributed by atoms with van der Waals surface area (Å²) in [6, 6.07) is 1.85. The van der Waals surface area contributed by atoms with Crippen LogP contribution in [0.15, 0.2) is 10.9 Å². The Bertz CT molecular complexity index is 742. The van der Waals surface area contributed by atoms with Crippen LogP contribution in [0.3, 0.4) is 0 Å². The van der Waals surface area contributed by atoms with Crippen LogP contribution in [0.5, 0.6) is 0 Å². The van der Waals surface area contributed by atoms with Gasteiger partial charge in [0.25, 0.3) is 11.5 Å². The minimum atomic E-state index is -0.311. The van der Waals surface area contributed by atoms with Crippen molar-refractivity contribution in [3.05, 3.63) is 33.2 Å². The summed E-state index contributed by atoms with van der Waals surface area (Å²) in [4.78, 5) is 27.8. The fourth-order valence-electron chi connectivity index (χ4n) is 4.50. The largest absolute Gasteiger partial charge is 0.381 e. The van der Waals surface area contributed by atoms with Gasteiger partial charge in [0.15, 0.2) is 0 Å². The van der Waals surface area contributed by atoms with E-state index in [0.717, 1.165) is 36.9 Å². The molecule has 6 nitrogen and oxygen atoms in total. The van der Waals surface area contributed by atoms with Crippen LogP contribution >= 0.6 is 0 Å². The summed E-state index contributed by atoms with van der Waals surface area (Å²) in [6.07, 6.45) is 3.50. The molecule has 2 fully saturated rings. The number of hydrogen-bond donors (Lipinski definition) is 0. The summed E-state index contributed by atoms with van der Waals surface area (Å²) in [5, 5.41) is 0. The van der Waals surface area contributed by atoms with Crippen LogP contribution in [0.2, 0.25) is 0 Å². The van der Waals surface area contributed by atoms with Crippen molar-refractivity contribution in [1.29, 1.82) is 0 Å². The van der Waals surface area contributed by atoms with Gasteiger partial charge in [0, 0.05) is 33.5 Å². The SMILES string of the molecule is CO[C@@H]1CC[C@@]2(OC)CCN(C(=O)c3c(C)cc(C)n(C)c3=O)[C@H]2C1. The highest BCUT2D eigenvalue weighted by atomic mass is 16.5. The Morgan fingerprint density at radius 3 is 2.64 bits per heavy atom. The Kier molecular flexibility index (Phi) is 4.77. The molecule has 0 unspecified atom stereocenters. The number of carbonyl (C=O) groups excluding carboxylic acids is 1. The molecule has 6 heteroatoms.